The van der Waals surface area contributed by atoms with Gasteiger partial charge < -0.3 is 14.3 Å². The highest BCUT2D eigenvalue weighted by Crippen LogP contribution is 2.23. The fraction of sp³-hybridized carbons (Fsp3) is 0.276. The summed E-state index contributed by atoms with van der Waals surface area (Å²) < 4.78 is 6.12. The van der Waals surface area contributed by atoms with Crippen molar-refractivity contribution in [2.45, 2.75) is 26.0 Å². The highest BCUT2D eigenvalue weighted by Gasteiger charge is 2.16. The Labute approximate surface area is 222 Å². The van der Waals surface area contributed by atoms with E-state index in [-0.39, 0.29) is 13.2 Å². The Hall–Kier alpha value is -4.21. The number of hydroxylamine groups is 2. The fourth-order valence-corrected chi connectivity index (χ4v) is 4.08. The van der Waals surface area contributed by atoms with Crippen molar-refractivity contribution in [2.24, 2.45) is 0 Å². The lowest BCUT2D eigenvalue weighted by molar-refractivity contribution is -0.903. The van der Waals surface area contributed by atoms with Crippen LogP contribution in [-0.4, -0.2) is 65.0 Å². The summed E-state index contributed by atoms with van der Waals surface area (Å²) in [5, 5.41) is 23.6. The molecule has 0 saturated carbocycles. The van der Waals surface area contributed by atoms with Crippen molar-refractivity contribution in [3.8, 4) is 0 Å². The van der Waals surface area contributed by atoms with Crippen molar-refractivity contribution < 1.29 is 33.9 Å². The smallest absolute Gasteiger partial charge is 0.411 e. The molecule has 0 aliphatic rings. The molecule has 9 heteroatoms. The second kappa shape index (κ2) is 13.4. The number of fused-ring (bicyclic) bond motifs is 1. The first-order valence-electron chi connectivity index (χ1n) is 12.4. The molecule has 0 heterocycles. The van der Waals surface area contributed by atoms with Crippen LogP contribution in [0.2, 0.25) is 0 Å². The monoisotopic (exact) mass is 520 g/mol. The molecule has 0 spiro atoms. The predicted octanol–water partition coefficient (Wildman–Crippen LogP) is 4.80. The Morgan fingerprint density at radius 2 is 1.61 bits per heavy atom. The number of benzene rings is 3. The number of ether oxygens (including phenoxy) is 1. The van der Waals surface area contributed by atoms with Gasteiger partial charge in [0.05, 0.1) is 26.3 Å². The van der Waals surface area contributed by atoms with E-state index >= 15 is 0 Å². The third kappa shape index (κ3) is 9.02. The van der Waals surface area contributed by atoms with Crippen LogP contribution in [-0.2, 0) is 27.5 Å². The number of anilines is 1. The van der Waals surface area contributed by atoms with E-state index in [0.29, 0.717) is 27.7 Å². The van der Waals surface area contributed by atoms with Gasteiger partial charge in [0.25, 0.3) is 5.91 Å². The van der Waals surface area contributed by atoms with E-state index in [0.717, 1.165) is 47.5 Å². The molecule has 3 aromatic rings. The van der Waals surface area contributed by atoms with Crippen molar-refractivity contribution >= 4 is 34.4 Å². The third-order valence-electron chi connectivity index (χ3n) is 6.04. The quantitative estimate of drug-likeness (QED) is 0.104. The standard InChI is InChI=1S/C29H33N3O6/c1-32(2,19-6-5-18-31(37)27(33)16-17-28(34)35)20-22-12-14-23(15-13-22)21-38-29(36)30-26-11-7-9-24-8-3-4-10-25(24)26/h3-4,7-17,37H,5-6,18-21H2,1-2H3,(H-,30,34,35,36)/p+1/b17-16+. The molecule has 0 fully saturated rings. The first-order valence-corrected chi connectivity index (χ1v) is 12.4. The Morgan fingerprint density at radius 3 is 2.34 bits per heavy atom. The number of unbranched alkanes of at least 4 members (excludes halogenated alkanes) is 1. The molecule has 200 valence electrons. The maximum absolute atomic E-state index is 12.3. The summed E-state index contributed by atoms with van der Waals surface area (Å²) >= 11 is 0. The molecule has 3 aromatic carbocycles. The minimum atomic E-state index is -1.24. The third-order valence-corrected chi connectivity index (χ3v) is 6.04. The predicted molar refractivity (Wildman–Crippen MR) is 144 cm³/mol. The zero-order valence-corrected chi connectivity index (χ0v) is 21.7. The van der Waals surface area contributed by atoms with Crippen LogP contribution in [0.1, 0.15) is 24.0 Å². The second-order valence-corrected chi connectivity index (χ2v) is 9.70. The first kappa shape index (κ1) is 28.4. The lowest BCUT2D eigenvalue weighted by atomic mass is 10.1. The number of hydrogen-bond donors (Lipinski definition) is 3. The lowest BCUT2D eigenvalue weighted by Gasteiger charge is -2.30. The van der Waals surface area contributed by atoms with Gasteiger partial charge in [-0.05, 0) is 29.9 Å². The van der Waals surface area contributed by atoms with Gasteiger partial charge >= 0.3 is 12.1 Å². The molecule has 3 rings (SSSR count). The highest BCUT2D eigenvalue weighted by atomic mass is 16.5. The van der Waals surface area contributed by atoms with Crippen LogP contribution in [0, 0.1) is 0 Å². The molecule has 0 radical (unpaired) electrons. The first-order chi connectivity index (χ1) is 18.1. The van der Waals surface area contributed by atoms with E-state index in [1.165, 1.54) is 0 Å². The Bertz CT molecular complexity index is 1280. The van der Waals surface area contributed by atoms with Crippen molar-refractivity contribution in [3.05, 3.63) is 90.0 Å². The molecule has 2 amide bonds. The second-order valence-electron chi connectivity index (χ2n) is 9.70. The number of carbonyl (C=O) groups excluding carboxylic acids is 2. The number of amides is 2. The van der Waals surface area contributed by atoms with E-state index in [1.54, 1.807) is 0 Å². The molecular formula is C29H34N3O6+. The summed E-state index contributed by atoms with van der Waals surface area (Å²) in [4.78, 5) is 34.4. The maximum atomic E-state index is 12.3. The normalized spacial score (nSPS) is 11.4. The van der Waals surface area contributed by atoms with Gasteiger partial charge in [-0.15, -0.1) is 0 Å². The molecule has 0 aliphatic carbocycles. The molecule has 38 heavy (non-hydrogen) atoms. The number of aliphatic carboxylic acids is 1. The van der Waals surface area contributed by atoms with E-state index in [4.69, 9.17) is 9.84 Å². The number of hydrogen-bond acceptors (Lipinski definition) is 5. The highest BCUT2D eigenvalue weighted by molar-refractivity contribution is 6.00. The van der Waals surface area contributed by atoms with Gasteiger partial charge in [0.2, 0.25) is 0 Å². The fourth-order valence-electron chi connectivity index (χ4n) is 4.08. The molecule has 0 atom stereocenters. The van der Waals surface area contributed by atoms with E-state index in [9.17, 15) is 19.6 Å². The van der Waals surface area contributed by atoms with Crippen LogP contribution in [0.4, 0.5) is 10.5 Å². The molecule has 0 unspecified atom stereocenters. The SMILES string of the molecule is C[N+](C)(CCCCN(O)C(=O)/C=C/C(=O)O)Cc1ccc(COC(=O)Nc2cccc3ccccc23)cc1. The largest absolute Gasteiger partial charge is 0.478 e. The molecular weight excluding hydrogens is 486 g/mol. The van der Waals surface area contributed by atoms with Crippen molar-refractivity contribution in [1.29, 1.82) is 0 Å². The van der Waals surface area contributed by atoms with Crippen molar-refractivity contribution in [3.63, 3.8) is 0 Å². The van der Waals surface area contributed by atoms with Crippen LogP contribution < -0.4 is 5.32 Å². The molecule has 3 N–H and O–H groups in total. The van der Waals surface area contributed by atoms with E-state index < -0.39 is 18.0 Å². The zero-order chi connectivity index (χ0) is 27.5. The summed E-state index contributed by atoms with van der Waals surface area (Å²) in [5.74, 6) is -2.00. The summed E-state index contributed by atoms with van der Waals surface area (Å²) in [5.41, 5.74) is 2.73. The number of carboxylic acid groups (broad SMARTS) is 1. The molecule has 0 saturated heterocycles. The lowest BCUT2D eigenvalue weighted by Crippen LogP contribution is -2.40. The van der Waals surface area contributed by atoms with Crippen LogP contribution >= 0.6 is 0 Å². The van der Waals surface area contributed by atoms with Gasteiger partial charge in [-0.25, -0.2) is 14.7 Å². The Balaban J connectivity index is 1.41. The van der Waals surface area contributed by atoms with E-state index in [1.807, 2.05) is 66.7 Å². The van der Waals surface area contributed by atoms with Gasteiger partial charge in [-0.2, -0.15) is 0 Å². The summed E-state index contributed by atoms with van der Waals surface area (Å²) in [7, 11) is 4.21. The van der Waals surface area contributed by atoms with E-state index in [2.05, 4.69) is 19.4 Å². The zero-order valence-electron chi connectivity index (χ0n) is 21.7. The number of rotatable bonds is 12. The van der Waals surface area contributed by atoms with Crippen LogP contribution in [0.5, 0.6) is 0 Å². The molecule has 9 nitrogen and oxygen atoms in total. The van der Waals surface area contributed by atoms with Crippen LogP contribution in [0.3, 0.4) is 0 Å². The number of nitrogens with zero attached hydrogens (tertiary/aromatic N) is 2. The number of nitrogens with one attached hydrogen (secondary N) is 1. The van der Waals surface area contributed by atoms with Crippen LogP contribution in [0.25, 0.3) is 10.8 Å². The molecule has 0 bridgehead atoms. The van der Waals surface area contributed by atoms with Gasteiger partial charge in [0.15, 0.2) is 0 Å². The minimum Gasteiger partial charge on any atom is -0.478 e. The Kier molecular flexibility index (Phi) is 9.98. The maximum Gasteiger partial charge on any atom is 0.411 e. The number of quaternary nitrogens is 1. The van der Waals surface area contributed by atoms with Crippen LogP contribution in [0.15, 0.2) is 78.9 Å². The number of carboxylic acids is 1. The average Bonchev–Trinajstić information content (AvgIpc) is 2.89. The molecule has 0 aliphatic heterocycles. The number of carbonyl (C=O) groups is 3. The van der Waals surface area contributed by atoms with Crippen molar-refractivity contribution in [2.75, 3.05) is 32.5 Å². The topological polar surface area (TPSA) is 116 Å². The summed E-state index contributed by atoms with van der Waals surface area (Å²) in [6.07, 6.45) is 2.38. The van der Waals surface area contributed by atoms with Gasteiger partial charge in [-0.1, -0.05) is 60.7 Å². The Morgan fingerprint density at radius 1 is 0.921 bits per heavy atom. The summed E-state index contributed by atoms with van der Waals surface area (Å²) in [6.45, 7) is 1.90. The van der Waals surface area contributed by atoms with Gasteiger partial charge in [0.1, 0.15) is 13.2 Å². The molecule has 0 aromatic heterocycles. The van der Waals surface area contributed by atoms with Gasteiger partial charge in [0, 0.05) is 29.6 Å². The minimum absolute atomic E-state index is 0.131. The average molecular weight is 521 g/mol. The van der Waals surface area contributed by atoms with Crippen molar-refractivity contribution in [1.82, 2.24) is 5.06 Å². The summed E-state index contributed by atoms with van der Waals surface area (Å²) in [6, 6.07) is 21.5. The van der Waals surface area contributed by atoms with Gasteiger partial charge in [-0.3, -0.25) is 15.3 Å².